The summed E-state index contributed by atoms with van der Waals surface area (Å²) in [7, 11) is 2.19. The number of pyridine rings is 1. The van der Waals surface area contributed by atoms with E-state index < -0.39 is 6.10 Å². The second kappa shape index (κ2) is 7.33. The molecule has 6 nitrogen and oxygen atoms in total. The number of ether oxygens (including phenoxy) is 1. The van der Waals surface area contributed by atoms with Crippen LogP contribution >= 0.6 is 0 Å². The molecule has 5 atom stereocenters. The van der Waals surface area contributed by atoms with Gasteiger partial charge in [-0.1, -0.05) is 30.4 Å². The fraction of sp³-hybridized carbons (Fsp3) is 0.345. The lowest BCUT2D eigenvalue weighted by atomic mass is 9.53. The van der Waals surface area contributed by atoms with Gasteiger partial charge in [-0.05, 0) is 73.8 Å². The van der Waals surface area contributed by atoms with Crippen LogP contribution < -0.4 is 4.74 Å². The van der Waals surface area contributed by atoms with Gasteiger partial charge in [-0.3, -0.25) is 4.98 Å². The number of aliphatic hydroxyl groups excluding tert-OH is 1. The summed E-state index contributed by atoms with van der Waals surface area (Å²) < 4.78 is 6.33. The Hall–Kier alpha value is -3.35. The molecule has 0 saturated carbocycles. The van der Waals surface area contributed by atoms with Crippen LogP contribution in [-0.4, -0.2) is 57.0 Å². The Labute approximate surface area is 204 Å². The summed E-state index contributed by atoms with van der Waals surface area (Å²) in [4.78, 5) is 7.08. The Morgan fingerprint density at radius 1 is 1.14 bits per heavy atom. The quantitative estimate of drug-likeness (QED) is 0.510. The van der Waals surface area contributed by atoms with Crippen LogP contribution in [0.5, 0.6) is 17.2 Å². The number of hydrogen-bond acceptors (Lipinski definition) is 6. The molecule has 178 valence electrons. The number of hydrogen-bond donors (Lipinski definition) is 3. The number of phenolic OH excluding ortho intramolecular Hbond substituents is 2. The van der Waals surface area contributed by atoms with Crippen molar-refractivity contribution in [3.8, 4) is 28.5 Å². The smallest absolute Gasteiger partial charge is 0.165 e. The van der Waals surface area contributed by atoms with Gasteiger partial charge in [0, 0.05) is 34.7 Å². The van der Waals surface area contributed by atoms with Gasteiger partial charge in [0.2, 0.25) is 0 Å². The highest BCUT2D eigenvalue weighted by Crippen LogP contribution is 2.63. The summed E-state index contributed by atoms with van der Waals surface area (Å²) in [6.07, 6.45) is 7.37. The normalized spacial score (nSPS) is 30.1. The van der Waals surface area contributed by atoms with Gasteiger partial charge >= 0.3 is 0 Å². The first-order valence-electron chi connectivity index (χ1n) is 12.3. The number of aliphatic hydroxyl groups is 1. The number of aromatic nitrogens is 1. The first kappa shape index (κ1) is 21.0. The van der Waals surface area contributed by atoms with Crippen LogP contribution in [0.2, 0.25) is 0 Å². The Bertz CT molecular complexity index is 1370. The van der Waals surface area contributed by atoms with Crippen molar-refractivity contribution in [1.82, 2.24) is 9.88 Å². The fourth-order valence-electron chi connectivity index (χ4n) is 7.14. The molecule has 2 aromatic carbocycles. The van der Waals surface area contributed by atoms with Crippen molar-refractivity contribution < 1.29 is 20.1 Å². The zero-order valence-corrected chi connectivity index (χ0v) is 19.6. The molecule has 1 fully saturated rings. The SMILES string of the molecule is CN1CC[C@]23c4c5c(Cc6ccc(-c7cccc(O)c7)nc6)cc(O)c4O[C@H]2[C@@H](O)C=C[C@H]3[C@H]1C5. The largest absolute Gasteiger partial charge is 0.508 e. The molecule has 0 amide bonds. The Kier molecular flexibility index (Phi) is 4.39. The molecule has 1 saturated heterocycles. The predicted octanol–water partition coefficient (Wildman–Crippen LogP) is 3.56. The van der Waals surface area contributed by atoms with Gasteiger partial charge in [-0.15, -0.1) is 0 Å². The highest BCUT2D eigenvalue weighted by Gasteiger charge is 2.64. The minimum atomic E-state index is -0.675. The maximum Gasteiger partial charge on any atom is 0.165 e. The molecule has 0 radical (unpaired) electrons. The van der Waals surface area contributed by atoms with Gasteiger partial charge in [0.15, 0.2) is 11.5 Å². The lowest BCUT2D eigenvalue weighted by molar-refractivity contribution is -0.0454. The molecule has 2 aliphatic heterocycles. The van der Waals surface area contributed by atoms with Crippen LogP contribution in [0.4, 0.5) is 0 Å². The van der Waals surface area contributed by atoms with Gasteiger partial charge in [0.05, 0.1) is 5.69 Å². The summed E-state index contributed by atoms with van der Waals surface area (Å²) in [5.74, 6) is 1.22. The van der Waals surface area contributed by atoms with E-state index in [1.54, 1.807) is 12.1 Å². The molecule has 2 bridgehead atoms. The number of rotatable bonds is 3. The van der Waals surface area contributed by atoms with Crippen molar-refractivity contribution in [3.63, 3.8) is 0 Å². The summed E-state index contributed by atoms with van der Waals surface area (Å²) in [5, 5.41) is 31.7. The minimum absolute atomic E-state index is 0.162. The van der Waals surface area contributed by atoms with E-state index in [1.165, 1.54) is 5.56 Å². The molecule has 3 N–H and O–H groups in total. The van der Waals surface area contributed by atoms with Gasteiger partial charge < -0.3 is 25.0 Å². The zero-order chi connectivity index (χ0) is 23.9. The van der Waals surface area contributed by atoms with Crippen molar-refractivity contribution >= 4 is 0 Å². The summed E-state index contributed by atoms with van der Waals surface area (Å²) in [5.41, 5.74) is 5.92. The molecule has 2 aliphatic carbocycles. The molecule has 7 rings (SSSR count). The van der Waals surface area contributed by atoms with Gasteiger partial charge in [0.1, 0.15) is 18.0 Å². The number of nitrogens with zero attached hydrogens (tertiary/aromatic N) is 2. The predicted molar refractivity (Wildman–Crippen MR) is 132 cm³/mol. The molecule has 4 aliphatic rings. The minimum Gasteiger partial charge on any atom is -0.508 e. The number of likely N-dealkylation sites (tertiary alicyclic amines) is 1. The van der Waals surface area contributed by atoms with E-state index >= 15 is 0 Å². The van der Waals surface area contributed by atoms with E-state index in [1.807, 2.05) is 36.5 Å². The third kappa shape index (κ3) is 2.87. The second-order valence-electron chi connectivity index (χ2n) is 10.5. The molecular formula is C29H28N2O4. The van der Waals surface area contributed by atoms with E-state index in [4.69, 9.17) is 4.74 Å². The third-order valence-corrected chi connectivity index (χ3v) is 8.73. The van der Waals surface area contributed by atoms with Crippen LogP contribution in [0.25, 0.3) is 11.3 Å². The van der Waals surface area contributed by atoms with Crippen molar-refractivity contribution in [1.29, 1.82) is 0 Å². The van der Waals surface area contributed by atoms with Crippen molar-refractivity contribution in [2.75, 3.05) is 13.6 Å². The van der Waals surface area contributed by atoms with Crippen LogP contribution in [-0.2, 0) is 18.3 Å². The van der Waals surface area contributed by atoms with Crippen LogP contribution in [0.15, 0.2) is 60.8 Å². The Morgan fingerprint density at radius 2 is 2.03 bits per heavy atom. The molecule has 0 unspecified atom stereocenters. The summed E-state index contributed by atoms with van der Waals surface area (Å²) in [6, 6.07) is 13.3. The Morgan fingerprint density at radius 3 is 2.83 bits per heavy atom. The maximum atomic E-state index is 11.0. The van der Waals surface area contributed by atoms with E-state index in [-0.39, 0.29) is 28.9 Å². The number of likely N-dealkylation sites (N-methyl/N-ethyl adjacent to an activating group) is 1. The molecule has 1 aromatic heterocycles. The topological polar surface area (TPSA) is 86.1 Å². The fourth-order valence-corrected chi connectivity index (χ4v) is 7.14. The van der Waals surface area contributed by atoms with Crippen LogP contribution in [0, 0.1) is 5.92 Å². The lowest BCUT2D eigenvalue weighted by Crippen LogP contribution is -2.64. The highest BCUT2D eigenvalue weighted by atomic mass is 16.5. The Balaban J connectivity index is 1.31. The van der Waals surface area contributed by atoms with E-state index in [2.05, 4.69) is 29.1 Å². The first-order chi connectivity index (χ1) is 17.0. The van der Waals surface area contributed by atoms with E-state index in [0.29, 0.717) is 18.2 Å². The van der Waals surface area contributed by atoms with E-state index in [0.717, 1.165) is 47.3 Å². The van der Waals surface area contributed by atoms with Crippen molar-refractivity contribution in [2.45, 2.75) is 42.9 Å². The lowest BCUT2D eigenvalue weighted by Gasteiger charge is -2.56. The summed E-state index contributed by atoms with van der Waals surface area (Å²) in [6.45, 7) is 0.950. The van der Waals surface area contributed by atoms with Gasteiger partial charge in [-0.2, -0.15) is 0 Å². The number of phenols is 2. The van der Waals surface area contributed by atoms with Gasteiger partial charge in [-0.25, -0.2) is 0 Å². The standard InChI is InChI=1S/C29H28N2O4/c1-31-10-9-29-21-6-8-24(33)28(29)35-27-25(34)13-18(20(26(27)29)14-23(21)31)11-16-5-7-22(30-15-16)17-3-2-4-19(32)12-17/h2-8,12-13,15,21,23-24,28,32-34H,9-11,14H2,1H3/t21-,23+,24-,28-,29-/m0/s1. The molecular weight excluding hydrogens is 440 g/mol. The maximum absolute atomic E-state index is 11.0. The second-order valence-corrected chi connectivity index (χ2v) is 10.5. The van der Waals surface area contributed by atoms with Crippen molar-refractivity contribution in [2.24, 2.45) is 5.92 Å². The number of aromatic hydroxyl groups is 2. The average Bonchev–Trinajstić information content (AvgIpc) is 3.21. The molecule has 3 heterocycles. The monoisotopic (exact) mass is 468 g/mol. The van der Waals surface area contributed by atoms with Crippen molar-refractivity contribution in [3.05, 3.63) is 83.1 Å². The molecule has 6 heteroatoms. The molecule has 1 spiro atoms. The number of benzene rings is 2. The number of piperidine rings is 1. The van der Waals surface area contributed by atoms with Crippen LogP contribution in [0.3, 0.4) is 0 Å². The third-order valence-electron chi connectivity index (χ3n) is 8.73. The summed E-state index contributed by atoms with van der Waals surface area (Å²) >= 11 is 0. The first-order valence-corrected chi connectivity index (χ1v) is 12.3. The zero-order valence-electron chi connectivity index (χ0n) is 19.6. The van der Waals surface area contributed by atoms with Gasteiger partial charge in [0.25, 0.3) is 0 Å². The molecule has 35 heavy (non-hydrogen) atoms. The average molecular weight is 469 g/mol. The van der Waals surface area contributed by atoms with E-state index in [9.17, 15) is 15.3 Å². The molecule has 3 aromatic rings. The van der Waals surface area contributed by atoms with Crippen LogP contribution in [0.1, 0.15) is 28.7 Å². The highest BCUT2D eigenvalue weighted by molar-refractivity contribution is 5.65.